The summed E-state index contributed by atoms with van der Waals surface area (Å²) in [6, 6.07) is 22.9. The summed E-state index contributed by atoms with van der Waals surface area (Å²) in [5, 5.41) is 2.74. The van der Waals surface area contributed by atoms with E-state index in [0.717, 1.165) is 28.1 Å². The van der Waals surface area contributed by atoms with Gasteiger partial charge in [-0.15, -0.1) is 0 Å². The van der Waals surface area contributed by atoms with Crippen molar-refractivity contribution in [2.24, 2.45) is 0 Å². The Morgan fingerprint density at radius 1 is 0.962 bits per heavy atom. The predicted molar refractivity (Wildman–Crippen MR) is 102 cm³/mol. The summed E-state index contributed by atoms with van der Waals surface area (Å²) in [6.45, 7) is 1.48. The highest BCUT2D eigenvalue weighted by molar-refractivity contribution is 5.88. The highest BCUT2D eigenvalue weighted by atomic mass is 16.5. The molecule has 128 valence electrons. The van der Waals surface area contributed by atoms with E-state index in [4.69, 9.17) is 4.74 Å². The number of H-pyrrole nitrogens is 1. The van der Waals surface area contributed by atoms with E-state index in [1.807, 2.05) is 60.7 Å². The molecule has 1 heterocycles. The fourth-order valence-electron chi connectivity index (χ4n) is 2.77. The second-order valence-electron chi connectivity index (χ2n) is 5.91. The summed E-state index contributed by atoms with van der Waals surface area (Å²) in [5.41, 5.74) is 3.51. The maximum Gasteiger partial charge on any atom is 0.221 e. The highest BCUT2D eigenvalue weighted by Crippen LogP contribution is 2.33. The van der Waals surface area contributed by atoms with Crippen molar-refractivity contribution in [3.8, 4) is 22.9 Å². The average molecular weight is 343 g/mol. The van der Waals surface area contributed by atoms with E-state index in [9.17, 15) is 4.79 Å². The largest absolute Gasteiger partial charge is 0.457 e. The van der Waals surface area contributed by atoms with Crippen LogP contribution in [0.5, 0.6) is 11.5 Å². The molecule has 4 aromatic rings. The summed E-state index contributed by atoms with van der Waals surface area (Å²) < 4.78 is 6.05. The minimum Gasteiger partial charge on any atom is -0.457 e. The lowest BCUT2D eigenvalue weighted by atomic mass is 10.2. The molecule has 3 aromatic carbocycles. The standard InChI is InChI=1S/C21H17N3O2/c1-14(25)22-15-10-12-16(13-11-15)26-20-9-5-2-6-17(20)21-23-18-7-3-4-8-19(18)24-21/h2-13H,1H3,(H,22,25)(H,23,24). The summed E-state index contributed by atoms with van der Waals surface area (Å²) in [6.07, 6.45) is 0. The van der Waals surface area contributed by atoms with Gasteiger partial charge >= 0.3 is 0 Å². The number of imidazole rings is 1. The molecule has 0 aliphatic heterocycles. The summed E-state index contributed by atoms with van der Waals surface area (Å²) in [4.78, 5) is 19.1. The quantitative estimate of drug-likeness (QED) is 0.549. The molecule has 0 saturated carbocycles. The van der Waals surface area contributed by atoms with Crippen LogP contribution in [0.25, 0.3) is 22.4 Å². The second kappa shape index (κ2) is 6.72. The molecule has 0 saturated heterocycles. The van der Waals surface area contributed by atoms with Crippen LogP contribution in [-0.2, 0) is 4.79 Å². The van der Waals surface area contributed by atoms with Crippen molar-refractivity contribution >= 4 is 22.6 Å². The van der Waals surface area contributed by atoms with Crippen molar-refractivity contribution in [3.63, 3.8) is 0 Å². The topological polar surface area (TPSA) is 67.0 Å². The van der Waals surface area contributed by atoms with Gasteiger partial charge in [-0.2, -0.15) is 0 Å². The molecule has 0 unspecified atom stereocenters. The number of nitrogens with zero attached hydrogens (tertiary/aromatic N) is 1. The molecule has 0 aliphatic rings. The maximum absolute atomic E-state index is 11.1. The van der Waals surface area contributed by atoms with Gasteiger partial charge in [-0.25, -0.2) is 4.98 Å². The van der Waals surface area contributed by atoms with E-state index >= 15 is 0 Å². The number of benzene rings is 3. The number of ether oxygens (including phenoxy) is 1. The van der Waals surface area contributed by atoms with Crippen LogP contribution in [0.3, 0.4) is 0 Å². The Hall–Kier alpha value is -3.60. The summed E-state index contributed by atoms with van der Waals surface area (Å²) in [5.74, 6) is 2.05. The van der Waals surface area contributed by atoms with E-state index in [-0.39, 0.29) is 5.91 Å². The van der Waals surface area contributed by atoms with Crippen LogP contribution in [0.1, 0.15) is 6.92 Å². The molecule has 0 aliphatic carbocycles. The first-order chi connectivity index (χ1) is 12.7. The SMILES string of the molecule is CC(=O)Nc1ccc(Oc2ccccc2-c2nc3ccccc3[nH]2)cc1. The molecule has 0 spiro atoms. The van der Waals surface area contributed by atoms with Crippen LogP contribution in [0.15, 0.2) is 72.8 Å². The van der Waals surface area contributed by atoms with Crippen LogP contribution in [0.2, 0.25) is 0 Å². The molecule has 0 bridgehead atoms. The Balaban J connectivity index is 1.64. The third-order valence-corrected chi connectivity index (χ3v) is 3.93. The van der Waals surface area contributed by atoms with Gasteiger partial charge in [0.1, 0.15) is 17.3 Å². The molecule has 1 amide bonds. The minimum absolute atomic E-state index is 0.103. The van der Waals surface area contributed by atoms with E-state index in [2.05, 4.69) is 15.3 Å². The number of fused-ring (bicyclic) bond motifs is 1. The Morgan fingerprint density at radius 2 is 1.69 bits per heavy atom. The van der Waals surface area contributed by atoms with Crippen molar-refractivity contribution < 1.29 is 9.53 Å². The molecule has 2 N–H and O–H groups in total. The number of carbonyl (C=O) groups is 1. The lowest BCUT2D eigenvalue weighted by Crippen LogP contribution is -2.05. The lowest BCUT2D eigenvalue weighted by Gasteiger charge is -2.10. The number of carbonyl (C=O) groups excluding carboxylic acids is 1. The zero-order valence-corrected chi connectivity index (χ0v) is 14.2. The molecule has 4 rings (SSSR count). The zero-order chi connectivity index (χ0) is 17.9. The zero-order valence-electron chi connectivity index (χ0n) is 14.2. The molecular formula is C21H17N3O2. The first-order valence-corrected chi connectivity index (χ1v) is 8.29. The van der Waals surface area contributed by atoms with Crippen molar-refractivity contribution in [2.45, 2.75) is 6.92 Å². The smallest absolute Gasteiger partial charge is 0.221 e. The number of aromatic nitrogens is 2. The van der Waals surface area contributed by atoms with E-state index in [0.29, 0.717) is 11.5 Å². The summed E-state index contributed by atoms with van der Waals surface area (Å²) >= 11 is 0. The van der Waals surface area contributed by atoms with Gasteiger partial charge in [-0.1, -0.05) is 24.3 Å². The number of amides is 1. The Kier molecular flexibility index (Phi) is 4.11. The van der Waals surface area contributed by atoms with E-state index < -0.39 is 0 Å². The van der Waals surface area contributed by atoms with Gasteiger partial charge in [-0.05, 0) is 48.5 Å². The van der Waals surface area contributed by atoms with E-state index in [1.54, 1.807) is 12.1 Å². The molecule has 5 nitrogen and oxygen atoms in total. The number of hydrogen-bond donors (Lipinski definition) is 2. The number of nitrogens with one attached hydrogen (secondary N) is 2. The average Bonchev–Trinajstić information content (AvgIpc) is 3.07. The van der Waals surface area contributed by atoms with Crippen molar-refractivity contribution in [1.82, 2.24) is 9.97 Å². The number of anilines is 1. The number of hydrogen-bond acceptors (Lipinski definition) is 3. The van der Waals surface area contributed by atoms with Gasteiger partial charge in [0.2, 0.25) is 5.91 Å². The number of rotatable bonds is 4. The fraction of sp³-hybridized carbons (Fsp3) is 0.0476. The first kappa shape index (κ1) is 15.9. The summed E-state index contributed by atoms with van der Waals surface area (Å²) in [7, 11) is 0. The molecule has 26 heavy (non-hydrogen) atoms. The fourth-order valence-corrected chi connectivity index (χ4v) is 2.77. The molecule has 5 heteroatoms. The molecule has 1 aromatic heterocycles. The van der Waals surface area contributed by atoms with Gasteiger partial charge in [0.15, 0.2) is 0 Å². The first-order valence-electron chi connectivity index (χ1n) is 8.29. The molecule has 0 atom stereocenters. The Labute approximate surface area is 150 Å². The van der Waals surface area contributed by atoms with Gasteiger partial charge in [-0.3, -0.25) is 4.79 Å². The Bertz CT molecular complexity index is 1040. The van der Waals surface area contributed by atoms with Gasteiger partial charge < -0.3 is 15.0 Å². The normalized spacial score (nSPS) is 10.7. The van der Waals surface area contributed by atoms with Crippen LogP contribution in [0, 0.1) is 0 Å². The third-order valence-electron chi connectivity index (χ3n) is 3.93. The van der Waals surface area contributed by atoms with Crippen LogP contribution in [0.4, 0.5) is 5.69 Å². The lowest BCUT2D eigenvalue weighted by molar-refractivity contribution is -0.114. The molecule has 0 radical (unpaired) electrons. The number of para-hydroxylation sites is 3. The maximum atomic E-state index is 11.1. The number of aromatic amines is 1. The van der Waals surface area contributed by atoms with Crippen molar-refractivity contribution in [3.05, 3.63) is 72.8 Å². The van der Waals surface area contributed by atoms with Crippen molar-refractivity contribution in [2.75, 3.05) is 5.32 Å². The van der Waals surface area contributed by atoms with Gasteiger partial charge in [0, 0.05) is 12.6 Å². The van der Waals surface area contributed by atoms with Crippen LogP contribution < -0.4 is 10.1 Å². The molecular weight excluding hydrogens is 326 g/mol. The van der Waals surface area contributed by atoms with Gasteiger partial charge in [0.05, 0.1) is 16.6 Å². The monoisotopic (exact) mass is 343 g/mol. The molecule has 0 fully saturated rings. The third kappa shape index (κ3) is 3.28. The van der Waals surface area contributed by atoms with Crippen LogP contribution >= 0.6 is 0 Å². The Morgan fingerprint density at radius 3 is 2.46 bits per heavy atom. The van der Waals surface area contributed by atoms with Gasteiger partial charge in [0.25, 0.3) is 0 Å². The van der Waals surface area contributed by atoms with Crippen LogP contribution in [-0.4, -0.2) is 15.9 Å². The second-order valence-corrected chi connectivity index (χ2v) is 5.91. The van der Waals surface area contributed by atoms with Crippen molar-refractivity contribution in [1.29, 1.82) is 0 Å². The highest BCUT2D eigenvalue weighted by Gasteiger charge is 2.11. The van der Waals surface area contributed by atoms with E-state index in [1.165, 1.54) is 6.92 Å². The predicted octanol–water partition coefficient (Wildman–Crippen LogP) is 4.98. The minimum atomic E-state index is -0.103.